The molecular weight excluding hydrogens is 328 g/mol. The predicted octanol–water partition coefficient (Wildman–Crippen LogP) is 4.48. The molecule has 1 unspecified atom stereocenters. The van der Waals surface area contributed by atoms with E-state index >= 15 is 0 Å². The second-order valence-corrected chi connectivity index (χ2v) is 5.94. The molecule has 4 heteroatoms. The second-order valence-electron chi connectivity index (χ2n) is 5.02. The van der Waals surface area contributed by atoms with Gasteiger partial charge in [-0.05, 0) is 49.2 Å². The molecule has 2 rings (SSSR count). The van der Waals surface area contributed by atoms with Crippen molar-refractivity contribution in [2.45, 2.75) is 32.9 Å². The molecule has 1 N–H and O–H groups in total. The molecule has 0 amide bonds. The van der Waals surface area contributed by atoms with Gasteiger partial charge in [-0.25, -0.2) is 4.98 Å². The lowest BCUT2D eigenvalue weighted by Crippen LogP contribution is -2.19. The van der Waals surface area contributed by atoms with Crippen molar-refractivity contribution < 1.29 is 4.74 Å². The molecule has 0 saturated carbocycles. The Labute approximate surface area is 134 Å². The average Bonchev–Trinajstić information content (AvgIpc) is 2.51. The first kappa shape index (κ1) is 16.0. The minimum atomic E-state index is 0.307. The lowest BCUT2D eigenvalue weighted by atomic mass is 10.1. The molecule has 0 aliphatic carbocycles. The van der Waals surface area contributed by atoms with Crippen molar-refractivity contribution in [3.05, 3.63) is 58.2 Å². The molecule has 112 valence electrons. The Morgan fingerprint density at radius 3 is 2.90 bits per heavy atom. The zero-order valence-electron chi connectivity index (χ0n) is 12.5. The highest BCUT2D eigenvalue weighted by Gasteiger charge is 2.06. The van der Waals surface area contributed by atoms with Crippen molar-refractivity contribution in [2.24, 2.45) is 0 Å². The minimum Gasteiger partial charge on any atom is -0.473 e. The first-order chi connectivity index (χ1) is 10.2. The highest BCUT2D eigenvalue weighted by molar-refractivity contribution is 9.10. The summed E-state index contributed by atoms with van der Waals surface area (Å²) in [6.07, 6.45) is 2.93. The number of hydrogen-bond acceptors (Lipinski definition) is 3. The van der Waals surface area contributed by atoms with Crippen LogP contribution in [0.15, 0.2) is 47.1 Å². The van der Waals surface area contributed by atoms with Gasteiger partial charge in [0, 0.05) is 22.8 Å². The average molecular weight is 349 g/mol. The van der Waals surface area contributed by atoms with Gasteiger partial charge in [-0.3, -0.25) is 0 Å². The van der Waals surface area contributed by atoms with Gasteiger partial charge in [-0.15, -0.1) is 0 Å². The molecular formula is C17H21BrN2O. The third kappa shape index (κ3) is 5.14. The van der Waals surface area contributed by atoms with E-state index in [2.05, 4.69) is 46.1 Å². The topological polar surface area (TPSA) is 34.2 Å². The Hall–Kier alpha value is -1.39. The first-order valence-electron chi connectivity index (χ1n) is 7.25. The third-order valence-corrected chi connectivity index (χ3v) is 3.73. The lowest BCUT2D eigenvalue weighted by molar-refractivity contribution is 0.293. The lowest BCUT2D eigenvalue weighted by Gasteiger charge is -2.14. The van der Waals surface area contributed by atoms with Gasteiger partial charge in [0.25, 0.3) is 0 Å². The van der Waals surface area contributed by atoms with E-state index in [1.807, 2.05) is 30.3 Å². The summed E-state index contributed by atoms with van der Waals surface area (Å²) in [4.78, 5) is 4.28. The summed E-state index contributed by atoms with van der Waals surface area (Å²) in [5.41, 5.74) is 2.32. The fourth-order valence-corrected chi connectivity index (χ4v) is 2.48. The number of benzene rings is 1. The Bertz CT molecular complexity index is 574. The maximum Gasteiger partial charge on any atom is 0.213 e. The van der Waals surface area contributed by atoms with Gasteiger partial charge in [0.05, 0.1) is 0 Å². The molecule has 0 saturated heterocycles. The van der Waals surface area contributed by atoms with Crippen molar-refractivity contribution >= 4 is 15.9 Å². The number of halogens is 1. The Kier molecular flexibility index (Phi) is 6.21. The van der Waals surface area contributed by atoms with E-state index < -0.39 is 0 Å². The minimum absolute atomic E-state index is 0.307. The quantitative estimate of drug-likeness (QED) is 0.800. The molecule has 1 atom stereocenters. The SMILES string of the molecule is CCCNC(C)c1ccnc(OCc2cccc(Br)c2)c1. The maximum absolute atomic E-state index is 5.78. The van der Waals surface area contributed by atoms with Crippen LogP contribution in [-0.2, 0) is 6.61 Å². The Morgan fingerprint density at radius 2 is 2.14 bits per heavy atom. The van der Waals surface area contributed by atoms with E-state index in [1.54, 1.807) is 6.20 Å². The van der Waals surface area contributed by atoms with E-state index in [0.717, 1.165) is 23.0 Å². The summed E-state index contributed by atoms with van der Waals surface area (Å²) in [5, 5.41) is 3.47. The number of aromatic nitrogens is 1. The van der Waals surface area contributed by atoms with Crippen LogP contribution in [0.4, 0.5) is 0 Å². The van der Waals surface area contributed by atoms with Crippen LogP contribution in [0.1, 0.15) is 37.4 Å². The monoisotopic (exact) mass is 348 g/mol. The van der Waals surface area contributed by atoms with Gasteiger partial charge in [0.1, 0.15) is 6.61 Å². The van der Waals surface area contributed by atoms with Crippen LogP contribution in [0.5, 0.6) is 5.88 Å². The largest absolute Gasteiger partial charge is 0.473 e. The molecule has 1 aromatic carbocycles. The number of pyridine rings is 1. The fourth-order valence-electron chi connectivity index (χ4n) is 2.04. The van der Waals surface area contributed by atoms with Gasteiger partial charge in [-0.2, -0.15) is 0 Å². The molecule has 0 spiro atoms. The summed E-state index contributed by atoms with van der Waals surface area (Å²) in [7, 11) is 0. The van der Waals surface area contributed by atoms with Gasteiger partial charge in [0.15, 0.2) is 0 Å². The number of hydrogen-bond donors (Lipinski definition) is 1. The summed E-state index contributed by atoms with van der Waals surface area (Å²) < 4.78 is 6.84. The summed E-state index contributed by atoms with van der Waals surface area (Å²) in [6, 6.07) is 12.4. The number of rotatable bonds is 7. The molecule has 0 fully saturated rings. The van der Waals surface area contributed by atoms with E-state index in [9.17, 15) is 0 Å². The van der Waals surface area contributed by atoms with Crippen LogP contribution in [0, 0.1) is 0 Å². The van der Waals surface area contributed by atoms with E-state index in [1.165, 1.54) is 5.56 Å². The van der Waals surface area contributed by atoms with E-state index in [4.69, 9.17) is 4.74 Å². The van der Waals surface area contributed by atoms with Gasteiger partial charge < -0.3 is 10.1 Å². The highest BCUT2D eigenvalue weighted by Crippen LogP contribution is 2.18. The van der Waals surface area contributed by atoms with Crippen molar-refractivity contribution in [1.82, 2.24) is 10.3 Å². The molecule has 21 heavy (non-hydrogen) atoms. The summed E-state index contributed by atoms with van der Waals surface area (Å²) >= 11 is 3.46. The van der Waals surface area contributed by atoms with Crippen LogP contribution >= 0.6 is 15.9 Å². The van der Waals surface area contributed by atoms with E-state index in [0.29, 0.717) is 18.5 Å². The molecule has 3 nitrogen and oxygen atoms in total. The Balaban J connectivity index is 1.97. The molecule has 2 aromatic rings. The van der Waals surface area contributed by atoms with Crippen LogP contribution < -0.4 is 10.1 Å². The number of nitrogens with one attached hydrogen (secondary N) is 1. The summed E-state index contributed by atoms with van der Waals surface area (Å²) in [6.45, 7) is 5.85. The van der Waals surface area contributed by atoms with Gasteiger partial charge in [-0.1, -0.05) is 35.0 Å². The summed E-state index contributed by atoms with van der Waals surface area (Å²) in [5.74, 6) is 0.664. The van der Waals surface area contributed by atoms with Gasteiger partial charge >= 0.3 is 0 Å². The van der Waals surface area contributed by atoms with Gasteiger partial charge in [0.2, 0.25) is 5.88 Å². The second kappa shape index (κ2) is 8.15. The zero-order chi connectivity index (χ0) is 15.1. The Morgan fingerprint density at radius 1 is 1.29 bits per heavy atom. The molecule has 1 aromatic heterocycles. The van der Waals surface area contributed by atoms with E-state index in [-0.39, 0.29) is 0 Å². The van der Waals surface area contributed by atoms with Crippen molar-refractivity contribution in [1.29, 1.82) is 0 Å². The van der Waals surface area contributed by atoms with Crippen LogP contribution in [-0.4, -0.2) is 11.5 Å². The molecule has 1 heterocycles. The van der Waals surface area contributed by atoms with Crippen molar-refractivity contribution in [3.8, 4) is 5.88 Å². The molecule has 0 aliphatic rings. The van der Waals surface area contributed by atoms with Crippen molar-refractivity contribution in [2.75, 3.05) is 6.54 Å². The normalized spacial score (nSPS) is 12.1. The molecule has 0 bridgehead atoms. The standard InChI is InChI=1S/C17H21BrN2O/c1-3-8-19-13(2)15-7-9-20-17(11-15)21-12-14-5-4-6-16(18)10-14/h4-7,9-11,13,19H,3,8,12H2,1-2H3. The van der Waals surface area contributed by atoms with Crippen LogP contribution in [0.25, 0.3) is 0 Å². The zero-order valence-corrected chi connectivity index (χ0v) is 14.1. The number of nitrogens with zero attached hydrogens (tertiary/aromatic N) is 1. The number of ether oxygens (including phenoxy) is 1. The molecule has 0 aliphatic heterocycles. The van der Waals surface area contributed by atoms with Crippen LogP contribution in [0.2, 0.25) is 0 Å². The fraction of sp³-hybridized carbons (Fsp3) is 0.353. The smallest absolute Gasteiger partial charge is 0.213 e. The third-order valence-electron chi connectivity index (χ3n) is 3.24. The highest BCUT2D eigenvalue weighted by atomic mass is 79.9. The van der Waals surface area contributed by atoms with Crippen molar-refractivity contribution in [3.63, 3.8) is 0 Å². The van der Waals surface area contributed by atoms with Crippen LogP contribution in [0.3, 0.4) is 0 Å². The first-order valence-corrected chi connectivity index (χ1v) is 8.05. The molecule has 0 radical (unpaired) electrons. The maximum atomic E-state index is 5.78. The predicted molar refractivity (Wildman–Crippen MR) is 89.4 cm³/mol.